The Balaban J connectivity index is 2.20. The summed E-state index contributed by atoms with van der Waals surface area (Å²) in [7, 11) is 0. The van der Waals surface area contributed by atoms with Crippen LogP contribution in [0, 0.1) is 5.82 Å². The number of carbonyl (C=O) groups is 1. The molecule has 1 aromatic carbocycles. The maximum absolute atomic E-state index is 13.7. The maximum atomic E-state index is 13.7. The van der Waals surface area contributed by atoms with Gasteiger partial charge in [0, 0.05) is 6.04 Å². The Bertz CT molecular complexity index is 475. The van der Waals surface area contributed by atoms with Crippen LogP contribution in [0.1, 0.15) is 37.8 Å². The third-order valence-electron chi connectivity index (χ3n) is 3.58. The van der Waals surface area contributed by atoms with Crippen LogP contribution in [0.5, 0.6) is 0 Å². The molecule has 1 aliphatic heterocycles. The van der Waals surface area contributed by atoms with E-state index in [0.29, 0.717) is 11.1 Å². The highest BCUT2D eigenvalue weighted by atomic mass is 79.9. The number of likely N-dealkylation sites (tertiary alicyclic amines) is 1. The number of ether oxygens (including phenoxy) is 1. The summed E-state index contributed by atoms with van der Waals surface area (Å²) in [6.07, 6.45) is 2.52. The average Bonchev–Trinajstić information content (AvgIpc) is 2.93. The van der Waals surface area contributed by atoms with E-state index in [1.165, 1.54) is 6.07 Å². The zero-order chi connectivity index (χ0) is 14.5. The van der Waals surface area contributed by atoms with Crippen molar-refractivity contribution in [2.75, 3.05) is 19.7 Å². The largest absolute Gasteiger partial charge is 0.466 e. The minimum atomic E-state index is -0.296. The van der Waals surface area contributed by atoms with E-state index in [0.717, 1.165) is 31.5 Å². The monoisotopic (exact) mass is 343 g/mol. The topological polar surface area (TPSA) is 29.5 Å². The zero-order valence-corrected chi connectivity index (χ0v) is 13.2. The highest BCUT2D eigenvalue weighted by Crippen LogP contribution is 2.30. The van der Waals surface area contributed by atoms with E-state index >= 15 is 0 Å². The Morgan fingerprint density at radius 2 is 2.15 bits per heavy atom. The van der Waals surface area contributed by atoms with Gasteiger partial charge in [-0.3, -0.25) is 9.69 Å². The Hall–Kier alpha value is -0.940. The molecule has 1 saturated heterocycles. The van der Waals surface area contributed by atoms with Crippen LogP contribution in [0.25, 0.3) is 0 Å². The first-order chi connectivity index (χ1) is 9.61. The lowest BCUT2D eigenvalue weighted by Crippen LogP contribution is -2.28. The van der Waals surface area contributed by atoms with Gasteiger partial charge in [0.1, 0.15) is 5.82 Å². The summed E-state index contributed by atoms with van der Waals surface area (Å²) in [4.78, 5) is 14.0. The molecule has 5 heteroatoms. The van der Waals surface area contributed by atoms with E-state index in [1.54, 1.807) is 13.0 Å². The summed E-state index contributed by atoms with van der Waals surface area (Å²) in [5.41, 5.74) is 0.834. The summed E-state index contributed by atoms with van der Waals surface area (Å²) in [5, 5.41) is 0. The number of esters is 1. The summed E-state index contributed by atoms with van der Waals surface area (Å²) in [6.45, 7) is 4.06. The molecule has 3 nitrogen and oxygen atoms in total. The van der Waals surface area contributed by atoms with Crippen LogP contribution in [-0.4, -0.2) is 30.6 Å². The molecule has 0 amide bonds. The van der Waals surface area contributed by atoms with E-state index in [1.807, 2.05) is 6.07 Å². The molecule has 2 rings (SSSR count). The number of halogens is 2. The number of hydrogen-bond donors (Lipinski definition) is 0. The van der Waals surface area contributed by atoms with Crippen LogP contribution in [-0.2, 0) is 9.53 Å². The van der Waals surface area contributed by atoms with Crippen molar-refractivity contribution >= 4 is 21.9 Å². The van der Waals surface area contributed by atoms with Gasteiger partial charge in [-0.25, -0.2) is 4.39 Å². The van der Waals surface area contributed by atoms with Crippen LogP contribution in [0.15, 0.2) is 22.7 Å². The Morgan fingerprint density at radius 3 is 2.75 bits per heavy atom. The van der Waals surface area contributed by atoms with Gasteiger partial charge in [0.2, 0.25) is 0 Å². The molecule has 1 heterocycles. The van der Waals surface area contributed by atoms with Crippen LogP contribution >= 0.6 is 15.9 Å². The summed E-state index contributed by atoms with van der Waals surface area (Å²) >= 11 is 3.16. The Morgan fingerprint density at radius 1 is 1.45 bits per heavy atom. The van der Waals surface area contributed by atoms with Gasteiger partial charge in [-0.2, -0.15) is 0 Å². The second-order valence-corrected chi connectivity index (χ2v) is 5.80. The lowest BCUT2D eigenvalue weighted by atomic mass is 10.0. The summed E-state index contributed by atoms with van der Waals surface area (Å²) in [5.74, 6) is -0.525. The number of benzene rings is 1. The van der Waals surface area contributed by atoms with Crippen molar-refractivity contribution in [1.29, 1.82) is 0 Å². The molecule has 1 unspecified atom stereocenters. The summed E-state index contributed by atoms with van der Waals surface area (Å²) < 4.78 is 19.2. The number of rotatable bonds is 5. The normalized spacial score (nSPS) is 17.1. The molecular weight excluding hydrogens is 325 g/mol. The standard InChI is InChI=1S/C15H19BrFNO2/c1-2-20-15(19)10-14(18-7-3-4-8-18)11-5-6-12(16)13(17)9-11/h5-6,9,14H,2-4,7-8,10H2,1H3. The molecular formula is C15H19BrFNO2. The van der Waals surface area contributed by atoms with Crippen LogP contribution in [0.2, 0.25) is 0 Å². The second-order valence-electron chi connectivity index (χ2n) is 4.94. The predicted octanol–water partition coefficient (Wildman–Crippen LogP) is 3.68. The van der Waals surface area contributed by atoms with Gasteiger partial charge >= 0.3 is 5.97 Å². The van der Waals surface area contributed by atoms with E-state index in [-0.39, 0.29) is 24.2 Å². The van der Waals surface area contributed by atoms with Crippen LogP contribution in [0.4, 0.5) is 4.39 Å². The molecule has 0 N–H and O–H groups in total. The SMILES string of the molecule is CCOC(=O)CC(c1ccc(Br)c(F)c1)N1CCCC1. The van der Waals surface area contributed by atoms with Crippen molar-refractivity contribution in [1.82, 2.24) is 4.90 Å². The number of carbonyl (C=O) groups excluding carboxylic acids is 1. The lowest BCUT2D eigenvalue weighted by molar-refractivity contribution is -0.144. The Labute approximate surface area is 127 Å². The van der Waals surface area contributed by atoms with Crippen molar-refractivity contribution < 1.29 is 13.9 Å². The smallest absolute Gasteiger partial charge is 0.307 e. The van der Waals surface area contributed by atoms with Gasteiger partial charge in [0.15, 0.2) is 0 Å². The van der Waals surface area contributed by atoms with Crippen molar-refractivity contribution in [3.05, 3.63) is 34.1 Å². The molecule has 1 aromatic rings. The third-order valence-corrected chi connectivity index (χ3v) is 4.22. The molecule has 20 heavy (non-hydrogen) atoms. The van der Waals surface area contributed by atoms with Crippen molar-refractivity contribution in [2.45, 2.75) is 32.2 Å². The van der Waals surface area contributed by atoms with E-state index < -0.39 is 0 Å². The summed E-state index contributed by atoms with van der Waals surface area (Å²) in [6, 6.07) is 4.97. The molecule has 0 bridgehead atoms. The van der Waals surface area contributed by atoms with E-state index in [2.05, 4.69) is 20.8 Å². The highest BCUT2D eigenvalue weighted by molar-refractivity contribution is 9.10. The van der Waals surface area contributed by atoms with Crippen LogP contribution < -0.4 is 0 Å². The lowest BCUT2D eigenvalue weighted by Gasteiger charge is -2.27. The quantitative estimate of drug-likeness (QED) is 0.764. The Kier molecular flexibility index (Phi) is 5.54. The van der Waals surface area contributed by atoms with Gasteiger partial charge in [-0.15, -0.1) is 0 Å². The van der Waals surface area contributed by atoms with Gasteiger partial charge in [0.25, 0.3) is 0 Å². The average molecular weight is 344 g/mol. The van der Waals surface area contributed by atoms with E-state index in [4.69, 9.17) is 4.74 Å². The third kappa shape index (κ3) is 3.79. The molecule has 0 aromatic heterocycles. The molecule has 0 spiro atoms. The fourth-order valence-electron chi connectivity index (χ4n) is 2.61. The number of hydrogen-bond acceptors (Lipinski definition) is 3. The van der Waals surface area contributed by atoms with Crippen molar-refractivity contribution in [3.63, 3.8) is 0 Å². The first-order valence-corrected chi connectivity index (χ1v) is 7.75. The predicted molar refractivity (Wildman–Crippen MR) is 78.9 cm³/mol. The maximum Gasteiger partial charge on any atom is 0.307 e. The molecule has 0 saturated carbocycles. The van der Waals surface area contributed by atoms with Crippen LogP contribution in [0.3, 0.4) is 0 Å². The number of nitrogens with zero attached hydrogens (tertiary/aromatic N) is 1. The minimum absolute atomic E-state index is 0.0980. The van der Waals surface area contributed by atoms with Gasteiger partial charge in [0.05, 0.1) is 17.5 Å². The molecule has 0 radical (unpaired) electrons. The van der Waals surface area contributed by atoms with Gasteiger partial charge in [-0.05, 0) is 66.5 Å². The van der Waals surface area contributed by atoms with E-state index in [9.17, 15) is 9.18 Å². The van der Waals surface area contributed by atoms with Gasteiger partial charge < -0.3 is 4.74 Å². The fourth-order valence-corrected chi connectivity index (χ4v) is 2.86. The zero-order valence-electron chi connectivity index (χ0n) is 11.6. The van der Waals surface area contributed by atoms with Gasteiger partial charge in [-0.1, -0.05) is 6.07 Å². The molecule has 110 valence electrons. The molecule has 1 fully saturated rings. The highest BCUT2D eigenvalue weighted by Gasteiger charge is 2.26. The van der Waals surface area contributed by atoms with Crippen molar-refractivity contribution in [3.8, 4) is 0 Å². The molecule has 1 aliphatic rings. The first kappa shape index (κ1) is 15.4. The van der Waals surface area contributed by atoms with Crippen molar-refractivity contribution in [2.24, 2.45) is 0 Å². The molecule has 0 aliphatic carbocycles. The fraction of sp³-hybridized carbons (Fsp3) is 0.533. The first-order valence-electron chi connectivity index (χ1n) is 6.96. The molecule has 1 atom stereocenters. The minimum Gasteiger partial charge on any atom is -0.466 e. The second kappa shape index (κ2) is 7.18.